The van der Waals surface area contributed by atoms with Crippen molar-refractivity contribution in [3.8, 4) is 0 Å². The Labute approximate surface area is 74.4 Å². The summed E-state index contributed by atoms with van der Waals surface area (Å²) in [5.41, 5.74) is 0. The quantitative estimate of drug-likeness (QED) is 0.567. The van der Waals surface area contributed by atoms with Gasteiger partial charge in [-0.3, -0.25) is 0 Å². The molecule has 12 heavy (non-hydrogen) atoms. The summed E-state index contributed by atoms with van der Waals surface area (Å²) in [6.07, 6.45) is 1.82. The zero-order valence-corrected chi connectivity index (χ0v) is 7.99. The van der Waals surface area contributed by atoms with E-state index in [1.807, 2.05) is 6.92 Å². The molecule has 3 nitrogen and oxygen atoms in total. The van der Waals surface area contributed by atoms with Crippen LogP contribution >= 0.6 is 0 Å². The van der Waals surface area contributed by atoms with Crippen LogP contribution in [0.5, 0.6) is 0 Å². The lowest BCUT2D eigenvalue weighted by Crippen LogP contribution is -2.27. The van der Waals surface area contributed by atoms with Crippen LogP contribution in [0.1, 0.15) is 33.1 Å². The normalized spacial score (nSPS) is 16.0. The van der Waals surface area contributed by atoms with Crippen molar-refractivity contribution in [3.05, 3.63) is 0 Å². The number of hydrogen-bond donors (Lipinski definition) is 2. The van der Waals surface area contributed by atoms with Crippen molar-refractivity contribution in [1.82, 2.24) is 0 Å². The van der Waals surface area contributed by atoms with Gasteiger partial charge in [-0.05, 0) is 19.8 Å². The minimum Gasteiger partial charge on any atom is -0.396 e. The predicted octanol–water partition coefficient (Wildman–Crippen LogP) is 0.935. The molecular weight excluding hydrogens is 156 g/mol. The van der Waals surface area contributed by atoms with Gasteiger partial charge in [0, 0.05) is 13.2 Å². The molecule has 0 fully saturated rings. The second-order valence-corrected chi connectivity index (χ2v) is 3.01. The van der Waals surface area contributed by atoms with Gasteiger partial charge < -0.3 is 14.9 Å². The van der Waals surface area contributed by atoms with Gasteiger partial charge in [-0.25, -0.2) is 0 Å². The van der Waals surface area contributed by atoms with Crippen molar-refractivity contribution in [1.29, 1.82) is 0 Å². The molecule has 0 heterocycles. The number of aliphatic hydroxyl groups excluding tert-OH is 2. The third-order valence-corrected chi connectivity index (χ3v) is 1.85. The average molecular weight is 176 g/mol. The van der Waals surface area contributed by atoms with Crippen LogP contribution in [0.4, 0.5) is 0 Å². The molecule has 0 aromatic rings. The molecule has 0 saturated heterocycles. The lowest BCUT2D eigenvalue weighted by Gasteiger charge is -2.18. The summed E-state index contributed by atoms with van der Waals surface area (Å²) in [4.78, 5) is 0. The third-order valence-electron chi connectivity index (χ3n) is 1.85. The van der Waals surface area contributed by atoms with Crippen LogP contribution in [0.2, 0.25) is 0 Å². The maximum absolute atomic E-state index is 9.33. The van der Waals surface area contributed by atoms with Crippen molar-refractivity contribution in [2.75, 3.05) is 13.2 Å². The molecular formula is C9H20O3. The lowest BCUT2D eigenvalue weighted by atomic mass is 10.2. The summed E-state index contributed by atoms with van der Waals surface area (Å²) < 4.78 is 5.34. The molecule has 0 aliphatic rings. The molecule has 0 saturated carbocycles. The first-order valence-electron chi connectivity index (χ1n) is 4.62. The van der Waals surface area contributed by atoms with Crippen LogP contribution in [0.3, 0.4) is 0 Å². The van der Waals surface area contributed by atoms with Crippen molar-refractivity contribution >= 4 is 0 Å². The Bertz CT molecular complexity index is 95.8. The van der Waals surface area contributed by atoms with E-state index in [9.17, 15) is 5.11 Å². The van der Waals surface area contributed by atoms with Crippen LogP contribution in [0.15, 0.2) is 0 Å². The highest BCUT2D eigenvalue weighted by atomic mass is 16.5. The molecule has 2 N–H and O–H groups in total. The Balaban J connectivity index is 3.35. The number of rotatable bonds is 7. The van der Waals surface area contributed by atoms with E-state index in [0.29, 0.717) is 13.0 Å². The summed E-state index contributed by atoms with van der Waals surface area (Å²) in [7, 11) is 0. The fourth-order valence-corrected chi connectivity index (χ4v) is 0.892. The summed E-state index contributed by atoms with van der Waals surface area (Å²) in [5, 5.41) is 17.9. The van der Waals surface area contributed by atoms with E-state index < -0.39 is 6.10 Å². The summed E-state index contributed by atoms with van der Waals surface area (Å²) in [6.45, 7) is 4.64. The van der Waals surface area contributed by atoms with Crippen LogP contribution in [0.25, 0.3) is 0 Å². The molecule has 0 aromatic heterocycles. The second-order valence-electron chi connectivity index (χ2n) is 3.01. The number of unbranched alkanes of at least 4 members (excludes halogenated alkanes) is 1. The first-order chi connectivity index (χ1) is 5.72. The van der Waals surface area contributed by atoms with Crippen LogP contribution < -0.4 is 0 Å². The van der Waals surface area contributed by atoms with Crippen molar-refractivity contribution in [2.24, 2.45) is 0 Å². The number of aliphatic hydroxyl groups is 2. The monoisotopic (exact) mass is 176 g/mol. The fourth-order valence-electron chi connectivity index (χ4n) is 0.892. The summed E-state index contributed by atoms with van der Waals surface area (Å²) in [5.74, 6) is 0. The van der Waals surface area contributed by atoms with Gasteiger partial charge in [-0.15, -0.1) is 0 Å². The van der Waals surface area contributed by atoms with E-state index >= 15 is 0 Å². The molecule has 0 amide bonds. The molecule has 2 unspecified atom stereocenters. The minimum atomic E-state index is -0.535. The van der Waals surface area contributed by atoms with Gasteiger partial charge in [0.05, 0.1) is 12.2 Å². The zero-order valence-electron chi connectivity index (χ0n) is 7.99. The van der Waals surface area contributed by atoms with E-state index in [1.54, 1.807) is 0 Å². The fraction of sp³-hybridized carbons (Fsp3) is 1.00. The zero-order chi connectivity index (χ0) is 9.40. The standard InChI is InChI=1S/C9H20O3/c1-3-4-7-12-8(2)9(11)5-6-10/h8-11H,3-7H2,1-2H3. The van der Waals surface area contributed by atoms with Crippen molar-refractivity contribution < 1.29 is 14.9 Å². The Morgan fingerprint density at radius 1 is 1.42 bits per heavy atom. The summed E-state index contributed by atoms with van der Waals surface area (Å²) in [6, 6.07) is 0. The van der Waals surface area contributed by atoms with E-state index in [4.69, 9.17) is 9.84 Å². The molecule has 2 atom stereocenters. The molecule has 0 radical (unpaired) electrons. The van der Waals surface area contributed by atoms with E-state index in [0.717, 1.165) is 12.8 Å². The van der Waals surface area contributed by atoms with Gasteiger partial charge >= 0.3 is 0 Å². The van der Waals surface area contributed by atoms with Crippen LogP contribution in [0, 0.1) is 0 Å². The van der Waals surface area contributed by atoms with Crippen molar-refractivity contribution in [3.63, 3.8) is 0 Å². The molecule has 3 heteroatoms. The van der Waals surface area contributed by atoms with Gasteiger partial charge in [0.1, 0.15) is 0 Å². The van der Waals surface area contributed by atoms with Gasteiger partial charge in [0.15, 0.2) is 0 Å². The van der Waals surface area contributed by atoms with Gasteiger partial charge in [-0.1, -0.05) is 13.3 Å². The predicted molar refractivity (Wildman–Crippen MR) is 48.0 cm³/mol. The first-order valence-corrected chi connectivity index (χ1v) is 4.62. The number of hydrogen-bond acceptors (Lipinski definition) is 3. The topological polar surface area (TPSA) is 49.7 Å². The number of ether oxygens (including phenoxy) is 1. The Kier molecular flexibility index (Phi) is 7.45. The Morgan fingerprint density at radius 3 is 2.58 bits per heavy atom. The Hall–Kier alpha value is -0.120. The summed E-state index contributed by atoms with van der Waals surface area (Å²) >= 11 is 0. The smallest absolute Gasteiger partial charge is 0.0820 e. The van der Waals surface area contributed by atoms with Gasteiger partial charge in [0.25, 0.3) is 0 Å². The molecule has 0 aromatic carbocycles. The highest BCUT2D eigenvalue weighted by Gasteiger charge is 2.12. The van der Waals surface area contributed by atoms with E-state index in [2.05, 4.69) is 6.92 Å². The molecule has 74 valence electrons. The second kappa shape index (κ2) is 7.53. The molecule has 0 rings (SSSR count). The first kappa shape index (κ1) is 11.9. The largest absolute Gasteiger partial charge is 0.396 e. The SMILES string of the molecule is CCCCOC(C)C(O)CCO. The highest BCUT2D eigenvalue weighted by molar-refractivity contribution is 4.62. The van der Waals surface area contributed by atoms with Gasteiger partial charge in [-0.2, -0.15) is 0 Å². The lowest BCUT2D eigenvalue weighted by molar-refractivity contribution is -0.0358. The van der Waals surface area contributed by atoms with Crippen LogP contribution in [-0.2, 0) is 4.74 Å². The van der Waals surface area contributed by atoms with Crippen molar-refractivity contribution in [2.45, 2.75) is 45.3 Å². The maximum Gasteiger partial charge on any atom is 0.0820 e. The highest BCUT2D eigenvalue weighted by Crippen LogP contribution is 2.03. The molecule has 0 aliphatic heterocycles. The van der Waals surface area contributed by atoms with Crippen LogP contribution in [-0.4, -0.2) is 35.6 Å². The third kappa shape index (κ3) is 5.52. The molecule has 0 spiro atoms. The maximum atomic E-state index is 9.33. The average Bonchev–Trinajstić information content (AvgIpc) is 2.05. The Morgan fingerprint density at radius 2 is 2.08 bits per heavy atom. The van der Waals surface area contributed by atoms with Gasteiger partial charge in [0.2, 0.25) is 0 Å². The minimum absolute atomic E-state index is 0.0165. The molecule has 0 bridgehead atoms. The molecule has 0 aliphatic carbocycles. The van der Waals surface area contributed by atoms with E-state index in [1.165, 1.54) is 0 Å². The van der Waals surface area contributed by atoms with E-state index in [-0.39, 0.29) is 12.7 Å².